The average Bonchev–Trinajstić information content (AvgIpc) is 2.78. The summed E-state index contributed by atoms with van der Waals surface area (Å²) in [5.74, 6) is -0.242. The molecule has 1 atom stereocenters. The summed E-state index contributed by atoms with van der Waals surface area (Å²) in [5.41, 5.74) is 9.79. The minimum atomic E-state index is -0.590. The van der Waals surface area contributed by atoms with Crippen molar-refractivity contribution in [3.8, 4) is 17.6 Å². The number of carbonyl (C=O) groups excluding carboxylic acids is 1. The maximum absolute atomic E-state index is 12.3. The molecule has 1 unspecified atom stereocenters. The van der Waals surface area contributed by atoms with Crippen molar-refractivity contribution in [2.24, 2.45) is 5.73 Å². The van der Waals surface area contributed by atoms with Crippen LogP contribution in [0.15, 0.2) is 78.2 Å². The first-order valence-electron chi connectivity index (χ1n) is 9.99. The van der Waals surface area contributed by atoms with Gasteiger partial charge in [-0.15, -0.1) is 0 Å². The highest BCUT2D eigenvalue weighted by Gasteiger charge is 2.31. The van der Waals surface area contributed by atoms with Gasteiger partial charge in [0.25, 0.3) is 0 Å². The first-order chi connectivity index (χ1) is 15.9. The second-order valence-electron chi connectivity index (χ2n) is 7.46. The molecular formula is C26H18Cl2N2O3. The molecule has 0 radical (unpaired) electrons. The lowest BCUT2D eigenvalue weighted by molar-refractivity contribution is -0.128. The number of allylic oxidation sites excluding steroid dienone is 1. The molecule has 0 saturated heterocycles. The number of halogens is 2. The van der Waals surface area contributed by atoms with Crippen LogP contribution >= 0.6 is 23.2 Å². The number of hydrogen-bond acceptors (Lipinski definition) is 5. The first kappa shape index (κ1) is 22.5. The van der Waals surface area contributed by atoms with Gasteiger partial charge in [0.2, 0.25) is 5.88 Å². The molecule has 3 aromatic rings. The van der Waals surface area contributed by atoms with Crippen LogP contribution in [0.1, 0.15) is 28.2 Å². The van der Waals surface area contributed by atoms with Crippen molar-refractivity contribution >= 4 is 35.2 Å². The van der Waals surface area contributed by atoms with E-state index in [1.165, 1.54) is 6.08 Å². The highest BCUT2D eigenvalue weighted by atomic mass is 35.5. The van der Waals surface area contributed by atoms with E-state index in [2.05, 4.69) is 6.07 Å². The molecule has 1 heterocycles. The molecule has 0 bridgehead atoms. The van der Waals surface area contributed by atoms with E-state index in [9.17, 15) is 10.1 Å². The van der Waals surface area contributed by atoms with Gasteiger partial charge >= 0.3 is 5.97 Å². The van der Waals surface area contributed by atoms with Crippen molar-refractivity contribution in [3.05, 3.63) is 110 Å². The van der Waals surface area contributed by atoms with Crippen LogP contribution in [0.2, 0.25) is 10.0 Å². The molecule has 3 aromatic carbocycles. The number of nitriles is 1. The number of rotatable bonds is 4. The lowest BCUT2D eigenvalue weighted by atomic mass is 9.83. The van der Waals surface area contributed by atoms with E-state index in [-0.39, 0.29) is 17.6 Å². The second kappa shape index (κ2) is 9.41. The fraction of sp³-hybridized carbons (Fsp3) is 0.0769. The van der Waals surface area contributed by atoms with Crippen molar-refractivity contribution < 1.29 is 14.3 Å². The number of aryl methyl sites for hydroxylation is 1. The van der Waals surface area contributed by atoms with Gasteiger partial charge in [-0.2, -0.15) is 5.26 Å². The van der Waals surface area contributed by atoms with Gasteiger partial charge in [0.15, 0.2) is 0 Å². The number of esters is 1. The van der Waals surface area contributed by atoms with Crippen molar-refractivity contribution in [1.82, 2.24) is 0 Å². The standard InChI is InChI=1S/C26H18Cl2N2O3/c1-15-2-4-17(5-3-15)25-20-10-9-19(13-23(20)33-26(30)21(25)14-29)32-24(31)11-7-16-6-8-18(27)12-22(16)28/h2-13,25H,30H2,1H3/b11-7+. The minimum Gasteiger partial charge on any atom is -0.440 e. The van der Waals surface area contributed by atoms with Gasteiger partial charge < -0.3 is 15.2 Å². The molecule has 0 amide bonds. The van der Waals surface area contributed by atoms with Crippen LogP contribution in [0.25, 0.3) is 6.08 Å². The Labute approximate surface area is 201 Å². The maximum atomic E-state index is 12.3. The van der Waals surface area contributed by atoms with E-state index >= 15 is 0 Å². The van der Waals surface area contributed by atoms with Crippen LogP contribution in [-0.2, 0) is 4.79 Å². The number of benzene rings is 3. The highest BCUT2D eigenvalue weighted by molar-refractivity contribution is 6.35. The fourth-order valence-corrected chi connectivity index (χ4v) is 4.02. The number of nitrogens with two attached hydrogens (primary N) is 1. The largest absolute Gasteiger partial charge is 0.440 e. The molecule has 164 valence electrons. The van der Waals surface area contributed by atoms with Crippen LogP contribution in [0, 0.1) is 18.3 Å². The first-order valence-corrected chi connectivity index (χ1v) is 10.7. The third kappa shape index (κ3) is 4.88. The summed E-state index contributed by atoms with van der Waals surface area (Å²) >= 11 is 12.0. The predicted molar refractivity (Wildman–Crippen MR) is 128 cm³/mol. The van der Waals surface area contributed by atoms with Gasteiger partial charge in [0.1, 0.15) is 23.1 Å². The van der Waals surface area contributed by atoms with Crippen molar-refractivity contribution in [2.45, 2.75) is 12.8 Å². The number of hydrogen-bond donors (Lipinski definition) is 1. The topological polar surface area (TPSA) is 85.3 Å². The molecule has 7 heteroatoms. The summed E-state index contributed by atoms with van der Waals surface area (Å²) in [6, 6.07) is 20.0. The Morgan fingerprint density at radius 1 is 1.12 bits per heavy atom. The lowest BCUT2D eigenvalue weighted by Gasteiger charge is -2.26. The second-order valence-corrected chi connectivity index (χ2v) is 8.30. The molecule has 0 aliphatic carbocycles. The monoisotopic (exact) mass is 476 g/mol. The summed E-state index contributed by atoms with van der Waals surface area (Å²) < 4.78 is 11.1. The third-order valence-corrected chi connectivity index (χ3v) is 5.74. The molecule has 0 spiro atoms. The summed E-state index contributed by atoms with van der Waals surface area (Å²) in [4.78, 5) is 12.3. The number of fused-ring (bicyclic) bond motifs is 1. The van der Waals surface area contributed by atoms with E-state index in [4.69, 9.17) is 38.4 Å². The Bertz CT molecular complexity index is 1340. The van der Waals surface area contributed by atoms with Crippen LogP contribution in [0.4, 0.5) is 0 Å². The van der Waals surface area contributed by atoms with Gasteiger partial charge in [0, 0.05) is 27.8 Å². The van der Waals surface area contributed by atoms with Gasteiger partial charge in [-0.25, -0.2) is 4.79 Å². The average molecular weight is 477 g/mol. The van der Waals surface area contributed by atoms with Crippen LogP contribution in [0.3, 0.4) is 0 Å². The SMILES string of the molecule is Cc1ccc(C2C(C#N)=C(N)Oc3cc(OC(=O)/C=C/c4ccc(Cl)cc4Cl)ccc32)cc1. The molecule has 5 nitrogen and oxygen atoms in total. The summed E-state index contributed by atoms with van der Waals surface area (Å²) in [7, 11) is 0. The fourth-order valence-electron chi connectivity index (χ4n) is 3.55. The Kier molecular flexibility index (Phi) is 6.41. The van der Waals surface area contributed by atoms with Gasteiger partial charge in [-0.3, -0.25) is 0 Å². The van der Waals surface area contributed by atoms with Gasteiger partial charge in [0.05, 0.1) is 5.92 Å². The van der Waals surface area contributed by atoms with Crippen molar-refractivity contribution in [1.29, 1.82) is 5.26 Å². The molecule has 33 heavy (non-hydrogen) atoms. The Morgan fingerprint density at radius 3 is 2.58 bits per heavy atom. The van der Waals surface area contributed by atoms with E-state index in [1.807, 2.05) is 31.2 Å². The zero-order chi connectivity index (χ0) is 23.5. The van der Waals surface area contributed by atoms with Gasteiger partial charge in [-0.05, 0) is 42.3 Å². The molecule has 1 aliphatic rings. The molecular weight excluding hydrogens is 459 g/mol. The number of ether oxygens (including phenoxy) is 2. The van der Waals surface area contributed by atoms with Crippen LogP contribution in [-0.4, -0.2) is 5.97 Å². The predicted octanol–water partition coefficient (Wildman–Crippen LogP) is 6.14. The minimum absolute atomic E-state index is 0.0244. The molecule has 0 saturated carbocycles. The molecule has 4 rings (SSSR count). The summed E-state index contributed by atoms with van der Waals surface area (Å²) in [6.45, 7) is 1.99. The van der Waals surface area contributed by atoms with E-state index < -0.39 is 5.97 Å². The molecule has 2 N–H and O–H groups in total. The zero-order valence-corrected chi connectivity index (χ0v) is 19.0. The molecule has 0 fully saturated rings. The van der Waals surface area contributed by atoms with Crippen LogP contribution in [0.5, 0.6) is 11.5 Å². The third-order valence-electron chi connectivity index (χ3n) is 5.18. The van der Waals surface area contributed by atoms with E-state index in [0.717, 1.165) is 16.7 Å². The van der Waals surface area contributed by atoms with Crippen LogP contribution < -0.4 is 15.2 Å². The zero-order valence-electron chi connectivity index (χ0n) is 17.5. The lowest BCUT2D eigenvalue weighted by Crippen LogP contribution is -2.21. The molecule has 1 aliphatic heterocycles. The van der Waals surface area contributed by atoms with Crippen molar-refractivity contribution in [2.75, 3.05) is 0 Å². The van der Waals surface area contributed by atoms with Gasteiger partial charge in [-0.1, -0.05) is 65.2 Å². The number of nitrogens with zero attached hydrogens (tertiary/aromatic N) is 1. The van der Waals surface area contributed by atoms with E-state index in [0.29, 0.717) is 26.9 Å². The number of carbonyl (C=O) groups is 1. The Morgan fingerprint density at radius 2 is 1.88 bits per heavy atom. The normalized spacial score (nSPS) is 15.0. The quantitative estimate of drug-likeness (QED) is 0.277. The Balaban J connectivity index is 1.59. The smallest absolute Gasteiger partial charge is 0.336 e. The Hall–Kier alpha value is -3.72. The molecule has 0 aromatic heterocycles. The summed E-state index contributed by atoms with van der Waals surface area (Å²) in [5, 5.41) is 10.6. The maximum Gasteiger partial charge on any atom is 0.336 e. The van der Waals surface area contributed by atoms with E-state index in [1.54, 1.807) is 42.5 Å². The summed E-state index contributed by atoms with van der Waals surface area (Å²) in [6.07, 6.45) is 2.82. The highest BCUT2D eigenvalue weighted by Crippen LogP contribution is 2.43. The van der Waals surface area contributed by atoms with Crippen molar-refractivity contribution in [3.63, 3.8) is 0 Å².